The van der Waals surface area contributed by atoms with Crippen molar-refractivity contribution in [1.82, 2.24) is 25.1 Å². The van der Waals surface area contributed by atoms with Crippen molar-refractivity contribution >= 4 is 17.4 Å². The first-order chi connectivity index (χ1) is 10.4. The van der Waals surface area contributed by atoms with Crippen molar-refractivity contribution in [2.45, 2.75) is 25.8 Å². The van der Waals surface area contributed by atoms with E-state index in [2.05, 4.69) is 36.1 Å². The largest absolute Gasteiger partial charge is 0.354 e. The number of aromatic nitrogens is 4. The lowest BCUT2D eigenvalue weighted by Gasteiger charge is -2.40. The zero-order valence-electron chi connectivity index (χ0n) is 11.8. The SMILES string of the molecule is c1snnc1CNCC1CN(c2cc3c(nn2)CCC3)C1. The zero-order chi connectivity index (χ0) is 14.1. The highest BCUT2D eigenvalue weighted by Crippen LogP contribution is 2.26. The molecule has 0 spiro atoms. The van der Waals surface area contributed by atoms with Gasteiger partial charge in [0.1, 0.15) is 0 Å². The van der Waals surface area contributed by atoms with E-state index in [9.17, 15) is 0 Å². The van der Waals surface area contributed by atoms with Gasteiger partial charge in [0, 0.05) is 37.5 Å². The number of rotatable bonds is 5. The Morgan fingerprint density at radius 3 is 3.05 bits per heavy atom. The first-order valence-electron chi connectivity index (χ1n) is 7.45. The Morgan fingerprint density at radius 2 is 2.19 bits per heavy atom. The lowest BCUT2D eigenvalue weighted by atomic mass is 10.00. The highest BCUT2D eigenvalue weighted by atomic mass is 32.1. The molecule has 4 rings (SSSR count). The van der Waals surface area contributed by atoms with Crippen molar-refractivity contribution in [2.75, 3.05) is 24.5 Å². The number of fused-ring (bicyclic) bond motifs is 1. The van der Waals surface area contributed by atoms with Crippen LogP contribution in [-0.4, -0.2) is 39.4 Å². The van der Waals surface area contributed by atoms with Gasteiger partial charge in [-0.15, -0.1) is 10.2 Å². The van der Waals surface area contributed by atoms with Crippen molar-refractivity contribution in [3.05, 3.63) is 28.4 Å². The van der Waals surface area contributed by atoms with Crippen molar-refractivity contribution < 1.29 is 0 Å². The van der Waals surface area contributed by atoms with Gasteiger partial charge in [-0.05, 0) is 42.4 Å². The van der Waals surface area contributed by atoms with Gasteiger partial charge < -0.3 is 10.2 Å². The molecule has 0 atom stereocenters. The topological polar surface area (TPSA) is 66.8 Å². The third-order valence-electron chi connectivity index (χ3n) is 4.23. The zero-order valence-corrected chi connectivity index (χ0v) is 12.6. The van der Waals surface area contributed by atoms with E-state index in [1.54, 1.807) is 0 Å². The molecule has 0 aromatic carbocycles. The molecule has 6 nitrogen and oxygen atoms in total. The molecule has 0 unspecified atom stereocenters. The van der Waals surface area contributed by atoms with Crippen molar-refractivity contribution in [1.29, 1.82) is 0 Å². The van der Waals surface area contributed by atoms with Crippen LogP contribution in [0.2, 0.25) is 0 Å². The summed E-state index contributed by atoms with van der Waals surface area (Å²) in [6, 6.07) is 2.24. The van der Waals surface area contributed by atoms with Gasteiger partial charge in [0.05, 0.1) is 11.4 Å². The predicted molar refractivity (Wildman–Crippen MR) is 81.4 cm³/mol. The molecule has 1 aliphatic carbocycles. The molecule has 2 aromatic heterocycles. The lowest BCUT2D eigenvalue weighted by molar-refractivity contribution is 0.380. The molecule has 0 saturated carbocycles. The molecule has 3 heterocycles. The van der Waals surface area contributed by atoms with Gasteiger partial charge in [-0.25, -0.2) is 0 Å². The lowest BCUT2D eigenvalue weighted by Crippen LogP contribution is -2.51. The molecule has 1 N–H and O–H groups in total. The number of anilines is 1. The highest BCUT2D eigenvalue weighted by Gasteiger charge is 2.28. The third kappa shape index (κ3) is 2.75. The van der Waals surface area contributed by atoms with E-state index in [0.29, 0.717) is 5.92 Å². The fraction of sp³-hybridized carbons (Fsp3) is 0.571. The molecule has 1 aliphatic heterocycles. The number of hydrogen-bond donors (Lipinski definition) is 1. The summed E-state index contributed by atoms with van der Waals surface area (Å²) < 4.78 is 3.86. The first kappa shape index (κ1) is 13.1. The van der Waals surface area contributed by atoms with E-state index >= 15 is 0 Å². The molecule has 7 heteroatoms. The van der Waals surface area contributed by atoms with Crippen LogP contribution in [0.15, 0.2) is 11.4 Å². The summed E-state index contributed by atoms with van der Waals surface area (Å²) in [5.74, 6) is 1.74. The molecule has 0 radical (unpaired) electrons. The second-order valence-electron chi connectivity index (χ2n) is 5.83. The average molecular weight is 302 g/mol. The van der Waals surface area contributed by atoms with E-state index in [1.165, 1.54) is 35.6 Å². The Kier molecular flexibility index (Phi) is 3.52. The minimum absolute atomic E-state index is 0.687. The van der Waals surface area contributed by atoms with E-state index in [1.807, 2.05) is 5.38 Å². The minimum Gasteiger partial charge on any atom is -0.354 e. The Morgan fingerprint density at radius 1 is 1.24 bits per heavy atom. The normalized spacial score (nSPS) is 17.8. The smallest absolute Gasteiger partial charge is 0.151 e. The monoisotopic (exact) mass is 302 g/mol. The molecular weight excluding hydrogens is 284 g/mol. The van der Waals surface area contributed by atoms with Gasteiger partial charge in [-0.3, -0.25) is 0 Å². The van der Waals surface area contributed by atoms with Crippen LogP contribution in [0, 0.1) is 5.92 Å². The molecule has 110 valence electrons. The number of hydrogen-bond acceptors (Lipinski definition) is 7. The van der Waals surface area contributed by atoms with Crippen molar-refractivity contribution in [3.8, 4) is 0 Å². The summed E-state index contributed by atoms with van der Waals surface area (Å²) in [7, 11) is 0. The maximum Gasteiger partial charge on any atom is 0.151 e. The summed E-state index contributed by atoms with van der Waals surface area (Å²) in [4.78, 5) is 2.32. The van der Waals surface area contributed by atoms with Crippen LogP contribution < -0.4 is 10.2 Å². The number of nitrogens with zero attached hydrogens (tertiary/aromatic N) is 5. The highest BCUT2D eigenvalue weighted by molar-refractivity contribution is 7.03. The molecule has 21 heavy (non-hydrogen) atoms. The second kappa shape index (κ2) is 5.65. The van der Waals surface area contributed by atoms with Gasteiger partial charge in [-0.1, -0.05) is 4.49 Å². The Hall–Kier alpha value is -1.60. The summed E-state index contributed by atoms with van der Waals surface area (Å²) in [5, 5.41) is 18.2. The van der Waals surface area contributed by atoms with E-state index in [4.69, 9.17) is 0 Å². The summed E-state index contributed by atoms with van der Waals surface area (Å²) in [6.45, 7) is 3.96. The molecule has 2 aliphatic rings. The van der Waals surface area contributed by atoms with Gasteiger partial charge in [-0.2, -0.15) is 5.10 Å². The van der Waals surface area contributed by atoms with Crippen LogP contribution in [0.1, 0.15) is 23.4 Å². The van der Waals surface area contributed by atoms with E-state index in [0.717, 1.165) is 44.1 Å². The number of aryl methyl sites for hydroxylation is 2. The van der Waals surface area contributed by atoms with Crippen LogP contribution in [0.5, 0.6) is 0 Å². The maximum atomic E-state index is 4.37. The minimum atomic E-state index is 0.687. The van der Waals surface area contributed by atoms with Gasteiger partial charge >= 0.3 is 0 Å². The molecule has 1 saturated heterocycles. The summed E-state index contributed by atoms with van der Waals surface area (Å²) in [5.41, 5.74) is 3.63. The fourth-order valence-corrected chi connectivity index (χ4v) is 3.47. The average Bonchev–Trinajstić information content (AvgIpc) is 3.11. The first-order valence-corrected chi connectivity index (χ1v) is 8.29. The predicted octanol–water partition coefficient (Wildman–Crippen LogP) is 1.04. The second-order valence-corrected chi connectivity index (χ2v) is 6.44. The van der Waals surface area contributed by atoms with Crippen molar-refractivity contribution in [3.63, 3.8) is 0 Å². The standard InChI is InChI=1S/C14H18N6S/c1-2-11-4-14(18-17-13(11)3-1)20-7-10(8-20)5-15-6-12-9-21-19-16-12/h4,9-10,15H,1-3,5-8H2. The molecule has 1 fully saturated rings. The Balaban J connectivity index is 1.25. The summed E-state index contributed by atoms with van der Waals surface area (Å²) in [6.07, 6.45) is 3.49. The quantitative estimate of drug-likeness (QED) is 0.890. The maximum absolute atomic E-state index is 4.37. The van der Waals surface area contributed by atoms with Gasteiger partial charge in [0.2, 0.25) is 0 Å². The Labute approximate surface area is 127 Å². The van der Waals surface area contributed by atoms with Gasteiger partial charge in [0.25, 0.3) is 0 Å². The van der Waals surface area contributed by atoms with Crippen LogP contribution in [0.4, 0.5) is 5.82 Å². The molecule has 2 aromatic rings. The van der Waals surface area contributed by atoms with Crippen molar-refractivity contribution in [2.24, 2.45) is 5.92 Å². The molecule has 0 amide bonds. The van der Waals surface area contributed by atoms with Crippen LogP contribution in [-0.2, 0) is 19.4 Å². The third-order valence-corrected chi connectivity index (χ3v) is 4.79. The Bertz CT molecular complexity index is 608. The van der Waals surface area contributed by atoms with Gasteiger partial charge in [0.15, 0.2) is 5.82 Å². The van der Waals surface area contributed by atoms with E-state index in [-0.39, 0.29) is 0 Å². The van der Waals surface area contributed by atoms with E-state index < -0.39 is 0 Å². The van der Waals surface area contributed by atoms with Crippen LogP contribution in [0.3, 0.4) is 0 Å². The van der Waals surface area contributed by atoms with Crippen LogP contribution >= 0.6 is 11.5 Å². The number of nitrogens with one attached hydrogen (secondary N) is 1. The molecule has 0 bridgehead atoms. The molecular formula is C14H18N6S. The fourth-order valence-electron chi connectivity index (χ4n) is 3.02. The van der Waals surface area contributed by atoms with Crippen LogP contribution in [0.25, 0.3) is 0 Å². The summed E-state index contributed by atoms with van der Waals surface area (Å²) >= 11 is 1.40.